The van der Waals surface area contributed by atoms with Crippen LogP contribution in [0.1, 0.15) is 30.0 Å². The van der Waals surface area contributed by atoms with Gasteiger partial charge in [-0.05, 0) is 44.4 Å². The number of nitrogens with one attached hydrogen (secondary N) is 1. The van der Waals surface area contributed by atoms with Gasteiger partial charge < -0.3 is 5.32 Å². The van der Waals surface area contributed by atoms with Gasteiger partial charge in [-0.3, -0.25) is 0 Å². The lowest BCUT2D eigenvalue weighted by atomic mass is 9.92. The summed E-state index contributed by atoms with van der Waals surface area (Å²) in [4.78, 5) is 0. The Morgan fingerprint density at radius 1 is 1.40 bits per heavy atom. The van der Waals surface area contributed by atoms with Crippen LogP contribution in [-0.2, 0) is 9.84 Å². The first-order valence-electron chi connectivity index (χ1n) is 6.66. The SMILES string of the molecule is CNC(CC1CCS(=O)(=O)C1)c1c(F)ccc(C)c1F. The normalized spacial score (nSPS) is 22.9. The minimum atomic E-state index is -2.98. The fourth-order valence-electron chi connectivity index (χ4n) is 2.77. The van der Waals surface area contributed by atoms with E-state index in [2.05, 4.69) is 5.32 Å². The van der Waals surface area contributed by atoms with Crippen LogP contribution < -0.4 is 5.32 Å². The quantitative estimate of drug-likeness (QED) is 0.929. The van der Waals surface area contributed by atoms with Crippen LogP contribution in [-0.4, -0.2) is 27.0 Å². The first-order chi connectivity index (χ1) is 9.34. The van der Waals surface area contributed by atoms with E-state index in [1.165, 1.54) is 12.1 Å². The molecule has 3 nitrogen and oxygen atoms in total. The van der Waals surface area contributed by atoms with Crippen LogP contribution in [0.4, 0.5) is 8.78 Å². The molecule has 1 N–H and O–H groups in total. The molecule has 1 aliphatic rings. The Hall–Kier alpha value is -1.01. The second-order valence-corrected chi connectivity index (χ2v) is 7.67. The lowest BCUT2D eigenvalue weighted by Crippen LogP contribution is -2.23. The molecule has 0 radical (unpaired) electrons. The van der Waals surface area contributed by atoms with Gasteiger partial charge in [0.2, 0.25) is 0 Å². The van der Waals surface area contributed by atoms with Crippen LogP contribution in [0.5, 0.6) is 0 Å². The van der Waals surface area contributed by atoms with Crippen LogP contribution in [0.25, 0.3) is 0 Å². The summed E-state index contributed by atoms with van der Waals surface area (Å²) in [5.74, 6) is -0.900. The van der Waals surface area contributed by atoms with E-state index in [9.17, 15) is 17.2 Å². The van der Waals surface area contributed by atoms with Crippen molar-refractivity contribution in [3.05, 3.63) is 34.9 Å². The molecule has 1 heterocycles. The highest BCUT2D eigenvalue weighted by molar-refractivity contribution is 7.91. The van der Waals surface area contributed by atoms with Crippen molar-refractivity contribution in [1.29, 1.82) is 0 Å². The van der Waals surface area contributed by atoms with Gasteiger partial charge in [-0.2, -0.15) is 0 Å². The number of hydrogen-bond donors (Lipinski definition) is 1. The minimum Gasteiger partial charge on any atom is -0.313 e. The van der Waals surface area contributed by atoms with Crippen molar-refractivity contribution in [3.63, 3.8) is 0 Å². The Morgan fingerprint density at radius 2 is 2.10 bits per heavy atom. The highest BCUT2D eigenvalue weighted by Gasteiger charge is 2.31. The van der Waals surface area contributed by atoms with Crippen LogP contribution >= 0.6 is 0 Å². The summed E-state index contributed by atoms with van der Waals surface area (Å²) in [5, 5.41) is 2.91. The van der Waals surface area contributed by atoms with Crippen molar-refractivity contribution in [2.75, 3.05) is 18.6 Å². The van der Waals surface area contributed by atoms with E-state index < -0.39 is 27.5 Å². The molecular formula is C14H19F2NO2S. The van der Waals surface area contributed by atoms with Gasteiger partial charge in [0.1, 0.15) is 11.6 Å². The third kappa shape index (κ3) is 3.17. The zero-order valence-corrected chi connectivity index (χ0v) is 12.4. The van der Waals surface area contributed by atoms with Crippen LogP contribution in [0.3, 0.4) is 0 Å². The molecule has 112 valence electrons. The standard InChI is InChI=1S/C14H19F2NO2S/c1-9-3-4-11(15)13(14(9)16)12(17-2)7-10-5-6-20(18,19)8-10/h3-4,10,12,17H,5-8H2,1-2H3. The molecule has 1 aromatic carbocycles. The molecule has 1 saturated heterocycles. The molecule has 1 fully saturated rings. The second kappa shape index (κ2) is 5.77. The van der Waals surface area contributed by atoms with E-state index in [4.69, 9.17) is 0 Å². The summed E-state index contributed by atoms with van der Waals surface area (Å²) in [7, 11) is -1.34. The average molecular weight is 303 g/mol. The summed E-state index contributed by atoms with van der Waals surface area (Å²) < 4.78 is 51.0. The van der Waals surface area contributed by atoms with Crippen molar-refractivity contribution in [3.8, 4) is 0 Å². The molecule has 1 aromatic rings. The number of hydrogen-bond acceptors (Lipinski definition) is 3. The molecular weight excluding hydrogens is 284 g/mol. The van der Waals surface area contributed by atoms with Crippen molar-refractivity contribution < 1.29 is 17.2 Å². The molecule has 2 atom stereocenters. The van der Waals surface area contributed by atoms with E-state index in [1.54, 1.807) is 14.0 Å². The summed E-state index contributed by atoms with van der Waals surface area (Å²) in [5.41, 5.74) is 0.400. The molecule has 0 spiro atoms. The zero-order chi connectivity index (χ0) is 14.9. The molecule has 0 aliphatic carbocycles. The molecule has 2 unspecified atom stereocenters. The smallest absolute Gasteiger partial charge is 0.150 e. The van der Waals surface area contributed by atoms with E-state index in [0.717, 1.165) is 0 Å². The first kappa shape index (κ1) is 15.4. The summed E-state index contributed by atoms with van der Waals surface area (Å²) in [6, 6.07) is 2.15. The molecule has 0 bridgehead atoms. The van der Waals surface area contributed by atoms with Gasteiger partial charge in [0.25, 0.3) is 0 Å². The summed E-state index contributed by atoms with van der Waals surface area (Å²) >= 11 is 0. The maximum absolute atomic E-state index is 14.1. The number of sulfone groups is 1. The third-order valence-corrected chi connectivity index (χ3v) is 5.75. The van der Waals surface area contributed by atoms with Gasteiger partial charge in [0, 0.05) is 11.6 Å². The zero-order valence-electron chi connectivity index (χ0n) is 11.6. The lowest BCUT2D eigenvalue weighted by Gasteiger charge is -2.21. The van der Waals surface area contributed by atoms with Gasteiger partial charge in [-0.15, -0.1) is 0 Å². The van der Waals surface area contributed by atoms with Crippen molar-refractivity contribution in [2.45, 2.75) is 25.8 Å². The van der Waals surface area contributed by atoms with Crippen molar-refractivity contribution in [2.24, 2.45) is 5.92 Å². The maximum Gasteiger partial charge on any atom is 0.150 e. The number of aryl methyl sites for hydroxylation is 1. The van der Waals surface area contributed by atoms with Gasteiger partial charge >= 0.3 is 0 Å². The topological polar surface area (TPSA) is 46.2 Å². The van der Waals surface area contributed by atoms with E-state index in [1.807, 2.05) is 0 Å². The molecule has 6 heteroatoms. The Morgan fingerprint density at radius 3 is 2.65 bits per heavy atom. The van der Waals surface area contributed by atoms with Crippen molar-refractivity contribution in [1.82, 2.24) is 5.32 Å². The summed E-state index contributed by atoms with van der Waals surface area (Å²) in [6.45, 7) is 1.59. The Balaban J connectivity index is 2.23. The maximum atomic E-state index is 14.1. The minimum absolute atomic E-state index is 0.0109. The molecule has 1 aliphatic heterocycles. The Labute approximate surface area is 118 Å². The predicted octanol–water partition coefficient (Wildman–Crippen LogP) is 2.36. The van der Waals surface area contributed by atoms with E-state index >= 15 is 0 Å². The largest absolute Gasteiger partial charge is 0.313 e. The highest BCUT2D eigenvalue weighted by atomic mass is 32.2. The van der Waals surface area contributed by atoms with Gasteiger partial charge in [-0.25, -0.2) is 17.2 Å². The van der Waals surface area contributed by atoms with Gasteiger partial charge in [0.05, 0.1) is 11.5 Å². The first-order valence-corrected chi connectivity index (χ1v) is 8.48. The Bertz CT molecular complexity index is 601. The van der Waals surface area contributed by atoms with E-state index in [0.29, 0.717) is 18.4 Å². The molecule has 0 saturated carbocycles. The monoisotopic (exact) mass is 303 g/mol. The predicted molar refractivity (Wildman–Crippen MR) is 74.3 cm³/mol. The third-order valence-electron chi connectivity index (χ3n) is 3.91. The van der Waals surface area contributed by atoms with Crippen LogP contribution in [0, 0.1) is 24.5 Å². The summed E-state index contributed by atoms with van der Waals surface area (Å²) in [6.07, 6.45) is 0.989. The lowest BCUT2D eigenvalue weighted by molar-refractivity contribution is 0.407. The number of benzene rings is 1. The molecule has 0 aromatic heterocycles. The fourth-order valence-corrected chi connectivity index (χ4v) is 4.65. The Kier molecular flexibility index (Phi) is 4.44. The molecule has 2 rings (SSSR count). The molecule has 0 amide bonds. The van der Waals surface area contributed by atoms with Gasteiger partial charge in [-0.1, -0.05) is 6.07 Å². The molecule has 20 heavy (non-hydrogen) atoms. The average Bonchev–Trinajstić information content (AvgIpc) is 2.72. The van der Waals surface area contributed by atoms with Gasteiger partial charge in [0.15, 0.2) is 9.84 Å². The highest BCUT2D eigenvalue weighted by Crippen LogP contribution is 2.32. The fraction of sp³-hybridized carbons (Fsp3) is 0.571. The van der Waals surface area contributed by atoms with Crippen LogP contribution in [0.2, 0.25) is 0 Å². The number of rotatable bonds is 4. The van der Waals surface area contributed by atoms with Crippen molar-refractivity contribution >= 4 is 9.84 Å². The number of halogens is 2. The van der Waals surface area contributed by atoms with E-state index in [-0.39, 0.29) is 23.0 Å². The van der Waals surface area contributed by atoms with Crippen LogP contribution in [0.15, 0.2) is 12.1 Å². The second-order valence-electron chi connectivity index (χ2n) is 5.44.